The van der Waals surface area contributed by atoms with E-state index in [1.807, 2.05) is 18.2 Å². The Morgan fingerprint density at radius 2 is 1.94 bits per heavy atom. The van der Waals surface area contributed by atoms with E-state index in [9.17, 15) is 4.79 Å². The van der Waals surface area contributed by atoms with E-state index < -0.39 is 0 Å². The van der Waals surface area contributed by atoms with Gasteiger partial charge in [0.15, 0.2) is 0 Å². The molecule has 0 atom stereocenters. The molecule has 0 saturated heterocycles. The number of hydrogen-bond donors (Lipinski definition) is 1. The number of amides is 1. The molecule has 2 heterocycles. The lowest BCUT2D eigenvalue weighted by atomic mass is 9.89. The van der Waals surface area contributed by atoms with Crippen molar-refractivity contribution in [3.05, 3.63) is 53.0 Å². The lowest BCUT2D eigenvalue weighted by Crippen LogP contribution is -2.27. The smallest absolute Gasteiger partial charge is 0.253 e. The van der Waals surface area contributed by atoms with Crippen LogP contribution in [0.2, 0.25) is 0 Å². The van der Waals surface area contributed by atoms with Crippen LogP contribution >= 0.6 is 11.3 Å². The third-order valence-electron chi connectivity index (χ3n) is 6.23. The second kappa shape index (κ2) is 9.82. The van der Waals surface area contributed by atoms with E-state index in [-0.39, 0.29) is 5.91 Å². The molecule has 1 saturated carbocycles. The average molecular weight is 436 g/mol. The molecule has 0 bridgehead atoms. The fourth-order valence-corrected chi connectivity index (χ4v) is 5.27. The number of carbonyl (C=O) groups excluding carboxylic acids is 1. The van der Waals surface area contributed by atoms with Gasteiger partial charge in [-0.15, -0.1) is 11.3 Å². The normalized spacial score (nSPS) is 14.8. The van der Waals surface area contributed by atoms with Crippen molar-refractivity contribution in [3.63, 3.8) is 0 Å². The Kier molecular flexibility index (Phi) is 6.91. The molecule has 0 radical (unpaired) electrons. The van der Waals surface area contributed by atoms with E-state index in [1.54, 1.807) is 11.3 Å². The third-order valence-corrected chi connectivity index (χ3v) is 7.13. The fraction of sp³-hybridized carbons (Fsp3) is 0.462. The Balaban J connectivity index is 1.68. The first-order chi connectivity index (χ1) is 15.0. The summed E-state index contributed by atoms with van der Waals surface area (Å²) in [5.41, 5.74) is 4.99. The SMILES string of the molecule is Cc1c(C(=O)NCC(C)C)cc(-c2csc(-c3ccccc3)n2)n1CC1CCCCC1. The molecule has 0 unspecified atom stereocenters. The Morgan fingerprint density at radius 3 is 2.65 bits per heavy atom. The molecular formula is C26H33N3OS. The molecule has 5 heteroatoms. The maximum absolute atomic E-state index is 12.9. The predicted octanol–water partition coefficient (Wildman–Crippen LogP) is 6.55. The molecule has 2 aromatic heterocycles. The maximum atomic E-state index is 12.9. The van der Waals surface area contributed by atoms with Gasteiger partial charge in [0.25, 0.3) is 5.91 Å². The third kappa shape index (κ3) is 5.09. The lowest BCUT2D eigenvalue weighted by Gasteiger charge is -2.24. The van der Waals surface area contributed by atoms with Crippen molar-refractivity contribution in [2.75, 3.05) is 6.54 Å². The van der Waals surface area contributed by atoms with Gasteiger partial charge in [-0.2, -0.15) is 0 Å². The zero-order valence-corrected chi connectivity index (χ0v) is 19.7. The maximum Gasteiger partial charge on any atom is 0.253 e. The van der Waals surface area contributed by atoms with Crippen molar-refractivity contribution in [2.45, 2.75) is 59.4 Å². The van der Waals surface area contributed by atoms with E-state index in [1.165, 1.54) is 32.1 Å². The number of thiazole rings is 1. The summed E-state index contributed by atoms with van der Waals surface area (Å²) in [4.78, 5) is 17.9. The van der Waals surface area contributed by atoms with Crippen LogP contribution < -0.4 is 5.32 Å². The molecule has 0 spiro atoms. The van der Waals surface area contributed by atoms with Crippen LogP contribution in [0.5, 0.6) is 0 Å². The molecule has 3 aromatic rings. The highest BCUT2D eigenvalue weighted by Gasteiger charge is 2.23. The zero-order chi connectivity index (χ0) is 21.8. The van der Waals surface area contributed by atoms with Gasteiger partial charge in [-0.05, 0) is 37.7 Å². The van der Waals surface area contributed by atoms with Gasteiger partial charge in [0.1, 0.15) is 5.01 Å². The van der Waals surface area contributed by atoms with Crippen LogP contribution in [0.25, 0.3) is 22.0 Å². The minimum Gasteiger partial charge on any atom is -0.352 e. The summed E-state index contributed by atoms with van der Waals surface area (Å²) in [6, 6.07) is 12.4. The number of carbonyl (C=O) groups is 1. The summed E-state index contributed by atoms with van der Waals surface area (Å²) in [7, 11) is 0. The molecule has 1 aromatic carbocycles. The number of rotatable bonds is 7. The van der Waals surface area contributed by atoms with Crippen LogP contribution in [0.15, 0.2) is 41.8 Å². The van der Waals surface area contributed by atoms with Gasteiger partial charge in [-0.3, -0.25) is 4.79 Å². The predicted molar refractivity (Wildman–Crippen MR) is 129 cm³/mol. The highest BCUT2D eigenvalue weighted by atomic mass is 32.1. The Hall–Kier alpha value is -2.40. The Morgan fingerprint density at radius 1 is 1.19 bits per heavy atom. The quantitative estimate of drug-likeness (QED) is 0.457. The molecule has 1 N–H and O–H groups in total. The van der Waals surface area contributed by atoms with Crippen molar-refractivity contribution in [1.29, 1.82) is 0 Å². The minimum absolute atomic E-state index is 0.0216. The highest BCUT2D eigenvalue weighted by molar-refractivity contribution is 7.13. The van der Waals surface area contributed by atoms with E-state index in [2.05, 4.69) is 54.2 Å². The second-order valence-electron chi connectivity index (χ2n) is 9.15. The minimum atomic E-state index is 0.0216. The Labute approximate surface area is 189 Å². The first-order valence-electron chi connectivity index (χ1n) is 11.5. The molecule has 4 rings (SSSR count). The molecule has 1 fully saturated rings. The summed E-state index contributed by atoms with van der Waals surface area (Å²) < 4.78 is 2.35. The molecule has 1 aliphatic carbocycles. The van der Waals surface area contributed by atoms with Gasteiger partial charge in [-0.25, -0.2) is 4.98 Å². The fourth-order valence-electron chi connectivity index (χ4n) is 4.45. The average Bonchev–Trinajstić information content (AvgIpc) is 3.39. The summed E-state index contributed by atoms with van der Waals surface area (Å²) in [6.07, 6.45) is 6.54. The number of nitrogens with one attached hydrogen (secondary N) is 1. The van der Waals surface area contributed by atoms with Gasteiger partial charge in [0.05, 0.1) is 17.0 Å². The van der Waals surface area contributed by atoms with Gasteiger partial charge in [-0.1, -0.05) is 63.4 Å². The van der Waals surface area contributed by atoms with Crippen LogP contribution in [0.1, 0.15) is 62.0 Å². The highest BCUT2D eigenvalue weighted by Crippen LogP contribution is 2.34. The van der Waals surface area contributed by atoms with Crippen molar-refractivity contribution in [1.82, 2.24) is 14.9 Å². The van der Waals surface area contributed by atoms with Gasteiger partial charge in [0.2, 0.25) is 0 Å². The molecular weight excluding hydrogens is 402 g/mol. The molecule has 164 valence electrons. The topological polar surface area (TPSA) is 46.9 Å². The van der Waals surface area contributed by atoms with Crippen molar-refractivity contribution in [2.24, 2.45) is 11.8 Å². The first-order valence-corrected chi connectivity index (χ1v) is 12.4. The summed E-state index contributed by atoms with van der Waals surface area (Å²) in [6.45, 7) is 7.98. The molecule has 1 aliphatic rings. The van der Waals surface area contributed by atoms with Gasteiger partial charge < -0.3 is 9.88 Å². The van der Waals surface area contributed by atoms with Gasteiger partial charge >= 0.3 is 0 Å². The van der Waals surface area contributed by atoms with Crippen LogP contribution in [0, 0.1) is 18.8 Å². The summed E-state index contributed by atoms with van der Waals surface area (Å²) >= 11 is 1.66. The molecule has 31 heavy (non-hydrogen) atoms. The van der Waals surface area contributed by atoms with Crippen molar-refractivity contribution < 1.29 is 4.79 Å². The monoisotopic (exact) mass is 435 g/mol. The van der Waals surface area contributed by atoms with Crippen LogP contribution in [-0.4, -0.2) is 22.0 Å². The summed E-state index contributed by atoms with van der Waals surface area (Å²) in [5, 5.41) is 6.24. The van der Waals surface area contributed by atoms with Crippen molar-refractivity contribution in [3.8, 4) is 22.0 Å². The van der Waals surface area contributed by atoms with Crippen LogP contribution in [-0.2, 0) is 6.54 Å². The number of nitrogens with zero attached hydrogens (tertiary/aromatic N) is 2. The van der Waals surface area contributed by atoms with E-state index in [4.69, 9.17) is 4.98 Å². The molecule has 1 amide bonds. The zero-order valence-electron chi connectivity index (χ0n) is 18.9. The number of aromatic nitrogens is 2. The summed E-state index contributed by atoms with van der Waals surface area (Å²) in [5.74, 6) is 1.13. The second-order valence-corrected chi connectivity index (χ2v) is 10.0. The van der Waals surface area contributed by atoms with E-state index in [0.29, 0.717) is 18.4 Å². The number of hydrogen-bond acceptors (Lipinski definition) is 3. The Bertz CT molecular complexity index is 1010. The van der Waals surface area contributed by atoms with Crippen molar-refractivity contribution >= 4 is 17.2 Å². The van der Waals surface area contributed by atoms with Crippen LogP contribution in [0.4, 0.5) is 0 Å². The largest absolute Gasteiger partial charge is 0.352 e. The number of benzene rings is 1. The van der Waals surface area contributed by atoms with E-state index in [0.717, 1.165) is 39.8 Å². The molecule has 0 aliphatic heterocycles. The standard InChI is InChI=1S/C26H33N3OS/c1-18(2)15-27-25(30)22-14-24(29(19(22)3)16-20-10-6-4-7-11-20)23-17-31-26(28-23)21-12-8-5-9-13-21/h5,8-9,12-14,17-18,20H,4,6-7,10-11,15-16H2,1-3H3,(H,27,30). The van der Waals surface area contributed by atoms with E-state index >= 15 is 0 Å². The lowest BCUT2D eigenvalue weighted by molar-refractivity contribution is 0.0948. The first kappa shape index (κ1) is 21.8. The van der Waals surface area contributed by atoms with Crippen LogP contribution in [0.3, 0.4) is 0 Å². The molecule has 4 nitrogen and oxygen atoms in total. The van der Waals surface area contributed by atoms with Gasteiger partial charge in [0, 0.05) is 29.7 Å².